The molecule has 4 nitrogen and oxygen atoms in total. The van der Waals surface area contributed by atoms with Crippen LogP contribution in [0.4, 0.5) is 0 Å². The molecular weight excluding hydrogens is 232 g/mol. The number of hydrogen-bond acceptors (Lipinski definition) is 3. The van der Waals surface area contributed by atoms with Crippen molar-refractivity contribution < 1.29 is 19.4 Å². The highest BCUT2D eigenvalue weighted by molar-refractivity contribution is 5.70. The topological polar surface area (TPSA) is 55.8 Å². The van der Waals surface area contributed by atoms with Crippen LogP contribution >= 0.6 is 0 Å². The number of ether oxygens (including phenoxy) is 2. The second-order valence-corrected chi connectivity index (χ2v) is 4.96. The molecule has 1 aliphatic carbocycles. The van der Waals surface area contributed by atoms with Crippen molar-refractivity contribution in [3.8, 4) is 0 Å². The Kier molecular flexibility index (Phi) is 2.84. The molecule has 1 aromatic rings. The van der Waals surface area contributed by atoms with Gasteiger partial charge in [0, 0.05) is 12.8 Å². The number of carboxylic acids is 1. The lowest BCUT2D eigenvalue weighted by Gasteiger charge is -2.33. The van der Waals surface area contributed by atoms with Gasteiger partial charge in [-0.3, -0.25) is 4.79 Å². The SMILES string of the molecule is O=C(O)Cc1ccc2c(c1)CCC1(C2)OCCO1. The van der Waals surface area contributed by atoms with Crippen molar-refractivity contribution in [1.82, 2.24) is 0 Å². The van der Waals surface area contributed by atoms with Gasteiger partial charge < -0.3 is 14.6 Å². The largest absolute Gasteiger partial charge is 0.481 e. The van der Waals surface area contributed by atoms with Crippen LogP contribution in [0.15, 0.2) is 18.2 Å². The molecule has 1 aromatic carbocycles. The first-order valence-corrected chi connectivity index (χ1v) is 6.27. The smallest absolute Gasteiger partial charge is 0.307 e. The Morgan fingerprint density at radius 3 is 2.78 bits per heavy atom. The normalized spacial score (nSPS) is 20.9. The zero-order valence-electron chi connectivity index (χ0n) is 10.1. The third-order valence-corrected chi connectivity index (χ3v) is 3.67. The maximum atomic E-state index is 10.7. The van der Waals surface area contributed by atoms with Gasteiger partial charge in [-0.2, -0.15) is 0 Å². The van der Waals surface area contributed by atoms with Crippen molar-refractivity contribution in [3.63, 3.8) is 0 Å². The molecule has 1 saturated heterocycles. The van der Waals surface area contributed by atoms with Crippen LogP contribution in [0.25, 0.3) is 0 Å². The fraction of sp³-hybridized carbons (Fsp3) is 0.500. The van der Waals surface area contributed by atoms with E-state index in [1.807, 2.05) is 18.2 Å². The Bertz CT molecular complexity index is 475. The number of aliphatic carboxylic acids is 1. The third kappa shape index (κ3) is 2.13. The van der Waals surface area contributed by atoms with Crippen molar-refractivity contribution in [2.24, 2.45) is 0 Å². The average molecular weight is 248 g/mol. The molecule has 0 bridgehead atoms. The van der Waals surface area contributed by atoms with Gasteiger partial charge in [-0.25, -0.2) is 0 Å². The summed E-state index contributed by atoms with van der Waals surface area (Å²) < 4.78 is 11.4. The van der Waals surface area contributed by atoms with Crippen LogP contribution in [0.3, 0.4) is 0 Å². The second kappa shape index (κ2) is 4.37. The maximum absolute atomic E-state index is 10.7. The van der Waals surface area contributed by atoms with E-state index in [9.17, 15) is 4.79 Å². The van der Waals surface area contributed by atoms with Crippen LogP contribution in [0.1, 0.15) is 23.1 Å². The molecule has 96 valence electrons. The molecule has 0 radical (unpaired) electrons. The lowest BCUT2D eigenvalue weighted by Crippen LogP contribution is -2.37. The maximum Gasteiger partial charge on any atom is 0.307 e. The molecule has 0 aromatic heterocycles. The van der Waals surface area contributed by atoms with E-state index in [2.05, 4.69) is 0 Å². The standard InChI is InChI=1S/C14H16O4/c15-13(16)8-10-1-2-12-9-14(17-5-6-18-14)4-3-11(12)7-10/h1-2,7H,3-6,8-9H2,(H,15,16). The van der Waals surface area contributed by atoms with Crippen molar-refractivity contribution >= 4 is 5.97 Å². The van der Waals surface area contributed by atoms with E-state index in [1.54, 1.807) is 0 Å². The number of carbonyl (C=O) groups is 1. The highest BCUT2D eigenvalue weighted by Crippen LogP contribution is 2.35. The first-order chi connectivity index (χ1) is 8.67. The molecule has 1 aliphatic heterocycles. The molecule has 0 atom stereocenters. The molecule has 1 fully saturated rings. The van der Waals surface area contributed by atoms with E-state index >= 15 is 0 Å². The predicted octanol–water partition coefficient (Wildman–Crippen LogP) is 1.55. The quantitative estimate of drug-likeness (QED) is 0.862. The van der Waals surface area contributed by atoms with Crippen molar-refractivity contribution in [2.45, 2.75) is 31.5 Å². The van der Waals surface area contributed by atoms with Crippen molar-refractivity contribution in [1.29, 1.82) is 0 Å². The van der Waals surface area contributed by atoms with Gasteiger partial charge in [-0.1, -0.05) is 18.2 Å². The van der Waals surface area contributed by atoms with Crippen LogP contribution < -0.4 is 0 Å². The number of aryl methyl sites for hydroxylation is 1. The molecule has 1 heterocycles. The van der Waals surface area contributed by atoms with E-state index in [1.165, 1.54) is 11.1 Å². The fourth-order valence-corrected chi connectivity index (χ4v) is 2.82. The summed E-state index contributed by atoms with van der Waals surface area (Å²) in [6.07, 6.45) is 2.61. The Morgan fingerprint density at radius 1 is 1.28 bits per heavy atom. The lowest BCUT2D eigenvalue weighted by atomic mass is 9.86. The second-order valence-electron chi connectivity index (χ2n) is 4.96. The van der Waals surface area contributed by atoms with Gasteiger partial charge in [0.25, 0.3) is 0 Å². The molecule has 4 heteroatoms. The summed E-state index contributed by atoms with van der Waals surface area (Å²) in [5.74, 6) is -1.20. The molecular formula is C14H16O4. The van der Waals surface area contributed by atoms with E-state index in [4.69, 9.17) is 14.6 Å². The van der Waals surface area contributed by atoms with Gasteiger partial charge in [0.15, 0.2) is 5.79 Å². The lowest BCUT2D eigenvalue weighted by molar-refractivity contribution is -0.163. The molecule has 18 heavy (non-hydrogen) atoms. The Morgan fingerprint density at radius 2 is 2.06 bits per heavy atom. The minimum Gasteiger partial charge on any atom is -0.481 e. The van der Waals surface area contributed by atoms with Crippen LogP contribution in [0, 0.1) is 0 Å². The summed E-state index contributed by atoms with van der Waals surface area (Å²) in [6.45, 7) is 1.35. The minimum atomic E-state index is -0.787. The molecule has 2 aliphatic rings. The fourth-order valence-electron chi connectivity index (χ4n) is 2.82. The average Bonchev–Trinajstić information content (AvgIpc) is 2.77. The first-order valence-electron chi connectivity index (χ1n) is 6.27. The van der Waals surface area contributed by atoms with Crippen LogP contribution in [-0.4, -0.2) is 30.1 Å². The van der Waals surface area contributed by atoms with Gasteiger partial charge in [-0.15, -0.1) is 0 Å². The van der Waals surface area contributed by atoms with Crippen LogP contribution in [0.5, 0.6) is 0 Å². The van der Waals surface area contributed by atoms with Crippen LogP contribution in [-0.2, 0) is 33.5 Å². The Labute approximate surface area is 106 Å². The molecule has 1 spiro atoms. The minimum absolute atomic E-state index is 0.0887. The zero-order valence-corrected chi connectivity index (χ0v) is 10.1. The van der Waals surface area contributed by atoms with E-state index < -0.39 is 11.8 Å². The van der Waals surface area contributed by atoms with E-state index in [-0.39, 0.29) is 6.42 Å². The summed E-state index contributed by atoms with van der Waals surface area (Å²) in [5, 5.41) is 8.80. The summed E-state index contributed by atoms with van der Waals surface area (Å²) in [5.41, 5.74) is 3.32. The predicted molar refractivity (Wildman–Crippen MR) is 64.4 cm³/mol. The molecule has 0 saturated carbocycles. The third-order valence-electron chi connectivity index (χ3n) is 3.67. The first kappa shape index (κ1) is 11.7. The van der Waals surface area contributed by atoms with Crippen molar-refractivity contribution in [3.05, 3.63) is 34.9 Å². The molecule has 1 N–H and O–H groups in total. The van der Waals surface area contributed by atoms with Gasteiger partial charge in [0.05, 0.1) is 19.6 Å². The van der Waals surface area contributed by atoms with Crippen LogP contribution in [0.2, 0.25) is 0 Å². The van der Waals surface area contributed by atoms with E-state index in [0.29, 0.717) is 13.2 Å². The zero-order chi connectivity index (χ0) is 12.6. The monoisotopic (exact) mass is 248 g/mol. The summed E-state index contributed by atoms with van der Waals surface area (Å²) in [4.78, 5) is 10.7. The number of fused-ring (bicyclic) bond motifs is 1. The highest BCUT2D eigenvalue weighted by atomic mass is 16.7. The molecule has 0 amide bonds. The Balaban J connectivity index is 1.83. The highest BCUT2D eigenvalue weighted by Gasteiger charge is 2.39. The summed E-state index contributed by atoms with van der Waals surface area (Å²) in [6, 6.07) is 5.91. The van der Waals surface area contributed by atoms with Crippen molar-refractivity contribution in [2.75, 3.05) is 13.2 Å². The molecule has 0 unspecified atom stereocenters. The number of benzene rings is 1. The van der Waals surface area contributed by atoms with E-state index in [0.717, 1.165) is 24.8 Å². The summed E-state index contributed by atoms with van der Waals surface area (Å²) in [7, 11) is 0. The summed E-state index contributed by atoms with van der Waals surface area (Å²) >= 11 is 0. The van der Waals surface area contributed by atoms with Gasteiger partial charge in [0.1, 0.15) is 0 Å². The number of carboxylic acid groups (broad SMARTS) is 1. The van der Waals surface area contributed by atoms with Gasteiger partial charge >= 0.3 is 5.97 Å². The Hall–Kier alpha value is -1.39. The number of hydrogen-bond donors (Lipinski definition) is 1. The van der Waals surface area contributed by atoms with Gasteiger partial charge in [0.2, 0.25) is 0 Å². The molecule has 3 rings (SSSR count). The van der Waals surface area contributed by atoms with Gasteiger partial charge in [-0.05, 0) is 23.1 Å². The number of rotatable bonds is 2.